The molecule has 0 fully saturated rings. The van der Waals surface area contributed by atoms with Crippen LogP contribution in [0.4, 0.5) is 11.4 Å². The summed E-state index contributed by atoms with van der Waals surface area (Å²) in [5.41, 5.74) is 3.12. The third-order valence-electron chi connectivity index (χ3n) is 4.54. The summed E-state index contributed by atoms with van der Waals surface area (Å²) in [4.78, 5) is 13.9. The first-order chi connectivity index (χ1) is 12.9. The second kappa shape index (κ2) is 7.60. The fraction of sp³-hybridized carbons (Fsp3) is 0.350. The van der Waals surface area contributed by atoms with E-state index < -0.39 is 10.0 Å². The average molecular weight is 388 g/mol. The van der Waals surface area contributed by atoms with Crippen LogP contribution in [0.25, 0.3) is 0 Å². The molecule has 0 bridgehead atoms. The highest BCUT2D eigenvalue weighted by molar-refractivity contribution is 7.92. The van der Waals surface area contributed by atoms with Crippen LogP contribution < -0.4 is 14.4 Å². The van der Waals surface area contributed by atoms with Gasteiger partial charge in [-0.2, -0.15) is 0 Å². The van der Waals surface area contributed by atoms with Crippen molar-refractivity contribution in [3.05, 3.63) is 47.5 Å². The molecule has 2 aromatic rings. The van der Waals surface area contributed by atoms with Gasteiger partial charge in [0, 0.05) is 24.3 Å². The van der Waals surface area contributed by atoms with E-state index in [4.69, 9.17) is 4.74 Å². The number of rotatable bonds is 6. The maximum Gasteiger partial charge on any atom is 0.265 e. The van der Waals surface area contributed by atoms with Gasteiger partial charge in [0.2, 0.25) is 5.91 Å². The summed E-state index contributed by atoms with van der Waals surface area (Å²) >= 11 is 0. The molecule has 0 radical (unpaired) electrons. The lowest BCUT2D eigenvalue weighted by atomic mass is 10.0. The number of ether oxygens (including phenoxy) is 1. The molecule has 0 aliphatic carbocycles. The monoisotopic (exact) mass is 388 g/mol. The van der Waals surface area contributed by atoms with Crippen molar-refractivity contribution in [2.24, 2.45) is 0 Å². The molecule has 3 rings (SSSR count). The summed E-state index contributed by atoms with van der Waals surface area (Å²) in [5, 5.41) is 0. The molecule has 27 heavy (non-hydrogen) atoms. The van der Waals surface area contributed by atoms with E-state index in [0.29, 0.717) is 37.4 Å². The lowest BCUT2D eigenvalue weighted by molar-refractivity contribution is -0.118. The minimum Gasteiger partial charge on any atom is -0.492 e. The fourth-order valence-electron chi connectivity index (χ4n) is 3.28. The van der Waals surface area contributed by atoms with Crippen LogP contribution in [0.2, 0.25) is 0 Å². The number of carbonyl (C=O) groups is 1. The predicted octanol–water partition coefficient (Wildman–Crippen LogP) is 3.49. The highest BCUT2D eigenvalue weighted by atomic mass is 32.2. The van der Waals surface area contributed by atoms with Gasteiger partial charge in [-0.1, -0.05) is 6.07 Å². The van der Waals surface area contributed by atoms with Crippen molar-refractivity contribution in [2.75, 3.05) is 22.8 Å². The molecule has 1 aliphatic rings. The van der Waals surface area contributed by atoms with Crippen molar-refractivity contribution < 1.29 is 17.9 Å². The molecule has 0 saturated heterocycles. The zero-order valence-electron chi connectivity index (χ0n) is 15.8. The highest BCUT2D eigenvalue weighted by Crippen LogP contribution is 2.32. The number of hydrogen-bond donors (Lipinski definition) is 1. The molecule has 0 unspecified atom stereocenters. The van der Waals surface area contributed by atoms with Crippen LogP contribution in [0.5, 0.6) is 5.75 Å². The Morgan fingerprint density at radius 2 is 1.89 bits per heavy atom. The molecule has 6 nitrogen and oxygen atoms in total. The Bertz CT molecular complexity index is 970. The maximum atomic E-state index is 12.9. The van der Waals surface area contributed by atoms with Crippen molar-refractivity contribution in [1.29, 1.82) is 0 Å². The molecule has 0 aromatic heterocycles. The second-order valence-electron chi connectivity index (χ2n) is 6.47. The molecule has 7 heteroatoms. The molecule has 1 N–H and O–H groups in total. The van der Waals surface area contributed by atoms with Gasteiger partial charge in [0.1, 0.15) is 10.6 Å². The van der Waals surface area contributed by atoms with E-state index in [0.717, 1.165) is 16.8 Å². The fourth-order valence-corrected chi connectivity index (χ4v) is 4.56. The topological polar surface area (TPSA) is 75.7 Å². The maximum absolute atomic E-state index is 12.9. The number of nitrogens with zero attached hydrogens (tertiary/aromatic N) is 1. The number of fused-ring (bicyclic) bond motifs is 1. The van der Waals surface area contributed by atoms with Crippen LogP contribution in [0.3, 0.4) is 0 Å². The van der Waals surface area contributed by atoms with E-state index in [1.54, 1.807) is 35.2 Å². The molecule has 1 amide bonds. The molecule has 0 spiro atoms. The average Bonchev–Trinajstić information content (AvgIpc) is 2.63. The first-order valence-electron chi connectivity index (χ1n) is 9.05. The van der Waals surface area contributed by atoms with Gasteiger partial charge in [-0.15, -0.1) is 0 Å². The number of sulfonamides is 1. The van der Waals surface area contributed by atoms with Gasteiger partial charge in [0.05, 0.1) is 6.61 Å². The highest BCUT2D eigenvalue weighted by Gasteiger charge is 2.24. The van der Waals surface area contributed by atoms with Crippen molar-refractivity contribution in [3.8, 4) is 5.75 Å². The van der Waals surface area contributed by atoms with E-state index in [9.17, 15) is 13.2 Å². The zero-order chi connectivity index (χ0) is 19.6. The molecule has 1 aliphatic heterocycles. The standard InChI is InChI=1S/C20H24N2O4S/c1-4-22-17-9-8-16(13-15(17)7-11-20(22)23)21-27(24,25)19-12-14(3)6-10-18(19)26-5-2/h6,8-10,12-13,21H,4-5,7,11H2,1-3H3. The van der Waals surface area contributed by atoms with Gasteiger partial charge in [0.25, 0.3) is 10.0 Å². The summed E-state index contributed by atoms with van der Waals surface area (Å²) in [5.74, 6) is 0.427. The predicted molar refractivity (Wildman–Crippen MR) is 106 cm³/mol. The SMILES string of the molecule is CCOc1ccc(C)cc1S(=O)(=O)Nc1ccc2c(c1)CCC(=O)N2CC. The number of nitrogens with one attached hydrogen (secondary N) is 1. The number of aryl methyl sites for hydroxylation is 2. The summed E-state index contributed by atoms with van der Waals surface area (Å²) in [6, 6.07) is 10.4. The van der Waals surface area contributed by atoms with Crippen molar-refractivity contribution >= 4 is 27.3 Å². The smallest absolute Gasteiger partial charge is 0.265 e. The quantitative estimate of drug-likeness (QED) is 0.822. The minimum atomic E-state index is -3.80. The summed E-state index contributed by atoms with van der Waals surface area (Å²) in [6.07, 6.45) is 1.04. The van der Waals surface area contributed by atoms with Crippen LogP contribution in [0.1, 0.15) is 31.4 Å². The number of amides is 1. The van der Waals surface area contributed by atoms with Crippen LogP contribution >= 0.6 is 0 Å². The lowest BCUT2D eigenvalue weighted by Gasteiger charge is -2.28. The van der Waals surface area contributed by atoms with Crippen molar-refractivity contribution in [3.63, 3.8) is 0 Å². The number of carbonyl (C=O) groups excluding carboxylic acids is 1. The van der Waals surface area contributed by atoms with E-state index >= 15 is 0 Å². The van der Waals surface area contributed by atoms with Gasteiger partial charge >= 0.3 is 0 Å². The molecule has 1 heterocycles. The Balaban J connectivity index is 1.94. The van der Waals surface area contributed by atoms with Crippen LogP contribution in [-0.4, -0.2) is 27.5 Å². The molecule has 0 atom stereocenters. The van der Waals surface area contributed by atoms with Crippen LogP contribution in [-0.2, 0) is 21.2 Å². The lowest BCUT2D eigenvalue weighted by Crippen LogP contribution is -2.34. The van der Waals surface area contributed by atoms with E-state index in [-0.39, 0.29) is 10.8 Å². The Morgan fingerprint density at radius 1 is 1.11 bits per heavy atom. The van der Waals surface area contributed by atoms with Crippen molar-refractivity contribution in [2.45, 2.75) is 38.5 Å². The summed E-state index contributed by atoms with van der Waals surface area (Å²) in [6.45, 7) is 6.55. The van der Waals surface area contributed by atoms with E-state index in [1.807, 2.05) is 26.8 Å². The minimum absolute atomic E-state index is 0.0967. The third-order valence-corrected chi connectivity index (χ3v) is 5.94. The second-order valence-corrected chi connectivity index (χ2v) is 8.12. The third kappa shape index (κ3) is 3.93. The summed E-state index contributed by atoms with van der Waals surface area (Å²) in [7, 11) is -3.80. The molecular formula is C20H24N2O4S. The Morgan fingerprint density at radius 3 is 2.59 bits per heavy atom. The molecule has 2 aromatic carbocycles. The van der Waals surface area contributed by atoms with Crippen LogP contribution in [0.15, 0.2) is 41.3 Å². The van der Waals surface area contributed by atoms with Gasteiger partial charge < -0.3 is 9.64 Å². The first-order valence-corrected chi connectivity index (χ1v) is 10.5. The zero-order valence-corrected chi connectivity index (χ0v) is 16.6. The Hall–Kier alpha value is -2.54. The van der Waals surface area contributed by atoms with Gasteiger partial charge in [0.15, 0.2) is 0 Å². The van der Waals surface area contributed by atoms with Crippen molar-refractivity contribution in [1.82, 2.24) is 0 Å². The van der Waals surface area contributed by atoms with E-state index in [2.05, 4.69) is 4.72 Å². The largest absolute Gasteiger partial charge is 0.492 e. The van der Waals surface area contributed by atoms with Gasteiger partial charge in [-0.05, 0) is 68.7 Å². The molecule has 144 valence electrons. The molecular weight excluding hydrogens is 364 g/mol. The van der Waals surface area contributed by atoms with Gasteiger partial charge in [-0.25, -0.2) is 8.42 Å². The Kier molecular flexibility index (Phi) is 5.41. The molecule has 0 saturated carbocycles. The summed E-state index contributed by atoms with van der Waals surface area (Å²) < 4.78 is 34.0. The van der Waals surface area contributed by atoms with E-state index in [1.165, 1.54) is 0 Å². The number of hydrogen-bond acceptors (Lipinski definition) is 4. The Labute approximate surface area is 160 Å². The van der Waals surface area contributed by atoms with Crippen LogP contribution in [0, 0.1) is 6.92 Å². The number of benzene rings is 2. The number of anilines is 2. The normalized spacial score (nSPS) is 14.0. The first kappa shape index (κ1) is 19.2. The van der Waals surface area contributed by atoms with Gasteiger partial charge in [-0.3, -0.25) is 9.52 Å².